The first-order valence-corrected chi connectivity index (χ1v) is 7.90. The van der Waals surface area contributed by atoms with Crippen LogP contribution in [0.15, 0.2) is 24.3 Å². The van der Waals surface area contributed by atoms with Crippen LogP contribution in [0, 0.1) is 13.8 Å². The lowest BCUT2D eigenvalue weighted by Crippen LogP contribution is -2.40. The highest BCUT2D eigenvalue weighted by molar-refractivity contribution is 7.80. The quantitative estimate of drug-likeness (QED) is 0.811. The molecule has 1 saturated heterocycles. The standard InChI is InChI=1S/C16H20N4OS/c1-12-3-5-14(6-4-12)20-13(2)15(17-18-20)11-16(22)19-7-9-21-10-8-19/h3-6H,7-11H2,1-2H3. The van der Waals surface area contributed by atoms with Gasteiger partial charge in [-0.05, 0) is 26.0 Å². The van der Waals surface area contributed by atoms with Crippen LogP contribution < -0.4 is 0 Å². The highest BCUT2D eigenvalue weighted by atomic mass is 32.1. The van der Waals surface area contributed by atoms with Gasteiger partial charge in [0, 0.05) is 19.5 Å². The average molecular weight is 316 g/mol. The van der Waals surface area contributed by atoms with Crippen LogP contribution in [0.2, 0.25) is 0 Å². The van der Waals surface area contributed by atoms with Crippen LogP contribution >= 0.6 is 12.2 Å². The number of morpholine rings is 1. The highest BCUT2D eigenvalue weighted by Crippen LogP contribution is 2.14. The normalized spacial score (nSPS) is 15.1. The fourth-order valence-electron chi connectivity index (χ4n) is 2.52. The Balaban J connectivity index is 1.75. The second kappa shape index (κ2) is 6.54. The molecular formula is C16H20N4OS. The summed E-state index contributed by atoms with van der Waals surface area (Å²) in [5.74, 6) is 0. The lowest BCUT2D eigenvalue weighted by atomic mass is 10.2. The van der Waals surface area contributed by atoms with Gasteiger partial charge in [0.25, 0.3) is 0 Å². The molecule has 2 heterocycles. The SMILES string of the molecule is Cc1ccc(-n2nnc(CC(=S)N3CCOCC3)c2C)cc1. The van der Waals surface area contributed by atoms with Crippen molar-refractivity contribution in [3.63, 3.8) is 0 Å². The molecule has 1 aliphatic rings. The Labute approximate surface area is 135 Å². The van der Waals surface area contributed by atoms with Gasteiger partial charge in [-0.25, -0.2) is 4.68 Å². The molecule has 0 atom stereocenters. The predicted octanol–water partition coefficient (Wildman–Crippen LogP) is 2.09. The summed E-state index contributed by atoms with van der Waals surface area (Å²) >= 11 is 5.55. The van der Waals surface area contributed by atoms with E-state index in [1.807, 2.05) is 11.6 Å². The molecule has 0 aliphatic carbocycles. The van der Waals surface area contributed by atoms with Crippen LogP contribution in [0.5, 0.6) is 0 Å². The Hall–Kier alpha value is -1.79. The Morgan fingerprint density at radius 1 is 1.18 bits per heavy atom. The molecule has 6 heteroatoms. The summed E-state index contributed by atoms with van der Waals surface area (Å²) in [6, 6.07) is 8.27. The molecule has 0 saturated carbocycles. The third-order valence-electron chi connectivity index (χ3n) is 3.95. The summed E-state index contributed by atoms with van der Waals surface area (Å²) in [5.41, 5.74) is 4.24. The topological polar surface area (TPSA) is 43.2 Å². The van der Waals surface area contributed by atoms with Gasteiger partial charge < -0.3 is 9.64 Å². The van der Waals surface area contributed by atoms with Gasteiger partial charge in [-0.3, -0.25) is 0 Å². The molecule has 22 heavy (non-hydrogen) atoms. The van der Waals surface area contributed by atoms with Crippen LogP contribution in [0.3, 0.4) is 0 Å². The Morgan fingerprint density at radius 2 is 1.86 bits per heavy atom. The van der Waals surface area contributed by atoms with Crippen LogP contribution in [-0.4, -0.2) is 51.2 Å². The van der Waals surface area contributed by atoms with E-state index in [-0.39, 0.29) is 0 Å². The third-order valence-corrected chi connectivity index (χ3v) is 4.35. The number of hydrogen-bond acceptors (Lipinski definition) is 4. The molecule has 0 spiro atoms. The minimum atomic E-state index is 0.660. The second-order valence-corrected chi connectivity index (χ2v) is 6.01. The average Bonchev–Trinajstić information content (AvgIpc) is 2.90. The molecule has 0 bridgehead atoms. The Bertz CT molecular complexity index is 659. The molecule has 0 N–H and O–H groups in total. The van der Waals surface area contributed by atoms with E-state index in [4.69, 9.17) is 17.0 Å². The number of benzene rings is 1. The van der Waals surface area contributed by atoms with Gasteiger partial charge in [0.05, 0.1) is 35.3 Å². The van der Waals surface area contributed by atoms with Crippen molar-refractivity contribution in [2.24, 2.45) is 0 Å². The fraction of sp³-hybridized carbons (Fsp3) is 0.438. The lowest BCUT2D eigenvalue weighted by molar-refractivity contribution is 0.0684. The van der Waals surface area contributed by atoms with E-state index in [2.05, 4.69) is 46.4 Å². The summed E-state index contributed by atoms with van der Waals surface area (Å²) in [5, 5.41) is 8.59. The summed E-state index contributed by atoms with van der Waals surface area (Å²) in [7, 11) is 0. The minimum Gasteiger partial charge on any atom is -0.378 e. The van der Waals surface area contributed by atoms with E-state index < -0.39 is 0 Å². The lowest BCUT2D eigenvalue weighted by Gasteiger charge is -2.28. The first kappa shape index (κ1) is 15.1. The van der Waals surface area contributed by atoms with Gasteiger partial charge >= 0.3 is 0 Å². The maximum atomic E-state index is 5.55. The van der Waals surface area contributed by atoms with Gasteiger partial charge in [-0.2, -0.15) is 0 Å². The molecule has 0 radical (unpaired) electrons. The van der Waals surface area contributed by atoms with Gasteiger partial charge in [0.2, 0.25) is 0 Å². The van der Waals surface area contributed by atoms with Crippen molar-refractivity contribution in [3.05, 3.63) is 41.2 Å². The van der Waals surface area contributed by atoms with E-state index in [9.17, 15) is 0 Å². The molecule has 2 aromatic rings. The number of thiocarbonyl (C=S) groups is 1. The maximum Gasteiger partial charge on any atom is 0.0928 e. The molecule has 116 valence electrons. The number of rotatable bonds is 3. The van der Waals surface area contributed by atoms with Crippen LogP contribution in [0.25, 0.3) is 5.69 Å². The van der Waals surface area contributed by atoms with Gasteiger partial charge in [-0.15, -0.1) is 5.10 Å². The van der Waals surface area contributed by atoms with Crippen molar-refractivity contribution in [1.29, 1.82) is 0 Å². The molecule has 1 aromatic heterocycles. The molecule has 5 nitrogen and oxygen atoms in total. The molecule has 1 aromatic carbocycles. The molecule has 1 aliphatic heterocycles. The van der Waals surface area contributed by atoms with Gasteiger partial charge in [-0.1, -0.05) is 35.1 Å². The van der Waals surface area contributed by atoms with E-state index in [0.29, 0.717) is 6.42 Å². The van der Waals surface area contributed by atoms with Crippen LogP contribution in [0.1, 0.15) is 17.0 Å². The monoisotopic (exact) mass is 316 g/mol. The zero-order valence-corrected chi connectivity index (χ0v) is 13.8. The Morgan fingerprint density at radius 3 is 2.55 bits per heavy atom. The van der Waals surface area contributed by atoms with E-state index in [1.54, 1.807) is 0 Å². The molecule has 0 amide bonds. The summed E-state index contributed by atoms with van der Waals surface area (Å²) in [6.45, 7) is 7.33. The van der Waals surface area contributed by atoms with Crippen LogP contribution in [0.4, 0.5) is 0 Å². The zero-order valence-electron chi connectivity index (χ0n) is 13.0. The summed E-state index contributed by atoms with van der Waals surface area (Å²) in [4.78, 5) is 3.12. The minimum absolute atomic E-state index is 0.660. The molecule has 3 rings (SSSR count). The van der Waals surface area contributed by atoms with Crippen molar-refractivity contribution in [2.45, 2.75) is 20.3 Å². The van der Waals surface area contributed by atoms with Crippen molar-refractivity contribution >= 4 is 17.2 Å². The number of hydrogen-bond donors (Lipinski definition) is 0. The molecular weight excluding hydrogens is 296 g/mol. The summed E-state index contributed by atoms with van der Waals surface area (Å²) in [6.07, 6.45) is 0.660. The number of nitrogens with zero attached hydrogens (tertiary/aromatic N) is 4. The molecule has 1 fully saturated rings. The second-order valence-electron chi connectivity index (χ2n) is 5.54. The largest absolute Gasteiger partial charge is 0.378 e. The zero-order chi connectivity index (χ0) is 15.5. The first-order valence-electron chi connectivity index (χ1n) is 7.49. The Kier molecular flexibility index (Phi) is 4.49. The first-order chi connectivity index (χ1) is 10.6. The van der Waals surface area contributed by atoms with Crippen molar-refractivity contribution in [3.8, 4) is 5.69 Å². The number of ether oxygens (including phenoxy) is 1. The molecule has 0 unspecified atom stereocenters. The van der Waals surface area contributed by atoms with Crippen molar-refractivity contribution < 1.29 is 4.74 Å². The van der Waals surface area contributed by atoms with Crippen LogP contribution in [-0.2, 0) is 11.2 Å². The van der Waals surface area contributed by atoms with E-state index >= 15 is 0 Å². The third kappa shape index (κ3) is 3.18. The fourth-order valence-corrected chi connectivity index (χ4v) is 2.84. The van der Waals surface area contributed by atoms with E-state index in [0.717, 1.165) is 48.4 Å². The van der Waals surface area contributed by atoms with Crippen molar-refractivity contribution in [1.82, 2.24) is 19.9 Å². The van der Waals surface area contributed by atoms with E-state index in [1.165, 1.54) is 5.56 Å². The van der Waals surface area contributed by atoms with Gasteiger partial charge in [0.15, 0.2) is 0 Å². The number of aryl methyl sites for hydroxylation is 1. The maximum absolute atomic E-state index is 5.55. The van der Waals surface area contributed by atoms with Crippen molar-refractivity contribution in [2.75, 3.05) is 26.3 Å². The summed E-state index contributed by atoms with van der Waals surface area (Å²) < 4.78 is 7.23. The predicted molar refractivity (Wildman–Crippen MR) is 89.5 cm³/mol. The number of aromatic nitrogens is 3. The van der Waals surface area contributed by atoms with Gasteiger partial charge in [0.1, 0.15) is 0 Å². The highest BCUT2D eigenvalue weighted by Gasteiger charge is 2.17. The smallest absolute Gasteiger partial charge is 0.0928 e.